The van der Waals surface area contributed by atoms with Gasteiger partial charge in [-0.2, -0.15) is 0 Å². The predicted octanol–water partition coefficient (Wildman–Crippen LogP) is 1.51. The summed E-state index contributed by atoms with van der Waals surface area (Å²) < 4.78 is 11.4. The van der Waals surface area contributed by atoms with E-state index in [1.165, 1.54) is 12.0 Å². The number of fused-ring (bicyclic) bond motifs is 3. The van der Waals surface area contributed by atoms with E-state index in [0.717, 1.165) is 15.8 Å². The number of nitrogens with zero attached hydrogens (tertiary/aromatic N) is 4. The highest BCUT2D eigenvalue weighted by Gasteiger charge is 2.16. The number of hydrogen-bond acceptors (Lipinski definition) is 7. The highest BCUT2D eigenvalue weighted by molar-refractivity contribution is 7.18. The fraction of sp³-hybridized carbons (Fsp3) is 0.333. The Morgan fingerprint density at radius 2 is 2.20 bits per heavy atom. The molecule has 0 atom stereocenters. The van der Waals surface area contributed by atoms with Gasteiger partial charge >= 0.3 is 12.0 Å². The van der Waals surface area contributed by atoms with Crippen molar-refractivity contribution in [3.8, 4) is 6.01 Å². The normalized spacial score (nSPS) is 11.2. The molecule has 3 aromatic heterocycles. The molecule has 3 rings (SSSR count). The summed E-state index contributed by atoms with van der Waals surface area (Å²) in [6.45, 7) is 3.86. The van der Waals surface area contributed by atoms with Crippen LogP contribution in [0.5, 0.6) is 6.01 Å². The number of rotatable bonds is 3. The van der Waals surface area contributed by atoms with Gasteiger partial charge < -0.3 is 9.47 Å². The largest absolute Gasteiger partial charge is 0.466 e. The summed E-state index contributed by atoms with van der Waals surface area (Å²) in [5.74, 6) is -0.474. The van der Waals surface area contributed by atoms with Gasteiger partial charge in [-0.15, -0.1) is 16.4 Å². The van der Waals surface area contributed by atoms with Crippen molar-refractivity contribution < 1.29 is 14.3 Å². The topological polar surface area (TPSA) is 78.6 Å². The van der Waals surface area contributed by atoms with E-state index in [1.807, 2.05) is 13.8 Å². The van der Waals surface area contributed by atoms with Crippen LogP contribution in [0.4, 0.5) is 0 Å². The lowest BCUT2D eigenvalue weighted by Gasteiger charge is -2.02. The molecule has 0 amide bonds. The van der Waals surface area contributed by atoms with Crippen LogP contribution in [0.2, 0.25) is 0 Å². The molecular weight excluding hydrogens is 280 g/mol. The Bertz CT molecular complexity index is 808. The zero-order chi connectivity index (χ0) is 14.3. The number of carbonyl (C=O) groups is 1. The molecule has 0 aliphatic rings. The molecule has 0 fully saturated rings. The molecule has 3 aromatic rings. The monoisotopic (exact) mass is 292 g/mol. The molecule has 104 valence electrons. The Hall–Kier alpha value is -2.22. The minimum Gasteiger partial charge on any atom is -0.466 e. The predicted molar refractivity (Wildman–Crippen MR) is 73.2 cm³/mol. The van der Waals surface area contributed by atoms with Crippen LogP contribution in [-0.4, -0.2) is 39.3 Å². The summed E-state index contributed by atoms with van der Waals surface area (Å²) in [6.07, 6.45) is 1.60. The lowest BCUT2D eigenvalue weighted by atomic mass is 10.2. The first-order chi connectivity index (χ1) is 9.61. The average molecular weight is 292 g/mol. The third-order valence-corrected chi connectivity index (χ3v) is 4.21. The van der Waals surface area contributed by atoms with Gasteiger partial charge in [0.25, 0.3) is 0 Å². The highest BCUT2D eigenvalue weighted by Crippen LogP contribution is 2.31. The second kappa shape index (κ2) is 4.71. The number of esters is 1. The van der Waals surface area contributed by atoms with E-state index in [-0.39, 0.29) is 12.6 Å². The standard InChI is InChI=1S/C12H12N4O3S/c1-6-7(2)20-11-9(6)10-14-15-12(16(10)5-13-11)19-4-8(17)18-3/h5H,4H2,1-3H3. The first-order valence-electron chi connectivity index (χ1n) is 5.91. The number of hydrogen-bond donors (Lipinski definition) is 0. The molecular formula is C12H12N4O3S. The first-order valence-corrected chi connectivity index (χ1v) is 6.72. The summed E-state index contributed by atoms with van der Waals surface area (Å²) in [7, 11) is 1.30. The molecule has 8 heteroatoms. The van der Waals surface area contributed by atoms with Gasteiger partial charge in [0.05, 0.1) is 12.5 Å². The van der Waals surface area contributed by atoms with Crippen molar-refractivity contribution in [3.63, 3.8) is 0 Å². The van der Waals surface area contributed by atoms with Crippen LogP contribution in [-0.2, 0) is 9.53 Å². The Morgan fingerprint density at radius 1 is 1.40 bits per heavy atom. The van der Waals surface area contributed by atoms with E-state index < -0.39 is 5.97 Å². The quantitative estimate of drug-likeness (QED) is 0.681. The minimum absolute atomic E-state index is 0.211. The van der Waals surface area contributed by atoms with E-state index in [1.54, 1.807) is 22.1 Å². The van der Waals surface area contributed by atoms with E-state index in [9.17, 15) is 4.79 Å². The first kappa shape index (κ1) is 12.8. The van der Waals surface area contributed by atoms with Gasteiger partial charge in [0.2, 0.25) is 0 Å². The van der Waals surface area contributed by atoms with Gasteiger partial charge in [0, 0.05) is 4.88 Å². The SMILES string of the molecule is COC(=O)COc1nnc2c3c(C)c(C)sc3ncn12. The van der Waals surface area contributed by atoms with Crippen molar-refractivity contribution in [1.29, 1.82) is 0 Å². The maximum Gasteiger partial charge on any atom is 0.344 e. The summed E-state index contributed by atoms with van der Waals surface area (Å²) in [5, 5.41) is 9.04. The van der Waals surface area contributed by atoms with Gasteiger partial charge in [0.15, 0.2) is 12.3 Å². The lowest BCUT2D eigenvalue weighted by molar-refractivity contribution is -0.143. The molecule has 0 aromatic carbocycles. The molecule has 0 saturated carbocycles. The summed E-state index contributed by atoms with van der Waals surface area (Å²) >= 11 is 1.62. The molecule has 0 N–H and O–H groups in total. The molecule has 0 bridgehead atoms. The Balaban J connectivity index is 2.09. The van der Waals surface area contributed by atoms with Gasteiger partial charge in [-0.05, 0) is 19.4 Å². The zero-order valence-corrected chi connectivity index (χ0v) is 12.0. The van der Waals surface area contributed by atoms with Crippen LogP contribution in [0.15, 0.2) is 6.33 Å². The van der Waals surface area contributed by atoms with Crippen LogP contribution in [0.25, 0.3) is 15.9 Å². The molecule has 0 radical (unpaired) electrons. The average Bonchev–Trinajstić information content (AvgIpc) is 2.98. The maximum atomic E-state index is 11.1. The van der Waals surface area contributed by atoms with E-state index >= 15 is 0 Å². The zero-order valence-electron chi connectivity index (χ0n) is 11.2. The van der Waals surface area contributed by atoms with Crippen LogP contribution in [0.3, 0.4) is 0 Å². The smallest absolute Gasteiger partial charge is 0.344 e. The Labute approximate surface area is 118 Å². The third kappa shape index (κ3) is 1.88. The third-order valence-electron chi connectivity index (χ3n) is 3.09. The van der Waals surface area contributed by atoms with E-state index in [4.69, 9.17) is 4.74 Å². The molecule has 20 heavy (non-hydrogen) atoms. The highest BCUT2D eigenvalue weighted by atomic mass is 32.1. The van der Waals surface area contributed by atoms with E-state index in [2.05, 4.69) is 19.9 Å². The second-order valence-electron chi connectivity index (χ2n) is 4.25. The summed E-state index contributed by atoms with van der Waals surface area (Å²) in [6, 6.07) is 0.225. The van der Waals surface area contributed by atoms with Crippen molar-refractivity contribution in [1.82, 2.24) is 19.6 Å². The number of aryl methyl sites for hydroxylation is 2. The van der Waals surface area contributed by atoms with Gasteiger partial charge in [-0.1, -0.05) is 5.10 Å². The van der Waals surface area contributed by atoms with Crippen molar-refractivity contribution in [2.45, 2.75) is 13.8 Å². The molecule has 3 heterocycles. The van der Waals surface area contributed by atoms with Crippen molar-refractivity contribution in [2.75, 3.05) is 13.7 Å². The van der Waals surface area contributed by atoms with Crippen molar-refractivity contribution in [2.24, 2.45) is 0 Å². The van der Waals surface area contributed by atoms with Gasteiger partial charge in [0.1, 0.15) is 11.2 Å². The second-order valence-corrected chi connectivity index (χ2v) is 5.45. The van der Waals surface area contributed by atoms with Gasteiger partial charge in [-0.25, -0.2) is 14.2 Å². The van der Waals surface area contributed by atoms with Crippen LogP contribution >= 0.6 is 11.3 Å². The maximum absolute atomic E-state index is 11.1. The Kier molecular flexibility index (Phi) is 3.01. The lowest BCUT2D eigenvalue weighted by Crippen LogP contribution is -2.13. The molecule has 0 aliphatic carbocycles. The number of methoxy groups -OCH3 is 1. The molecule has 7 nitrogen and oxygen atoms in total. The van der Waals surface area contributed by atoms with Crippen LogP contribution < -0.4 is 4.74 Å². The van der Waals surface area contributed by atoms with Crippen molar-refractivity contribution >= 4 is 33.2 Å². The number of thiophene rings is 1. The fourth-order valence-electron chi connectivity index (χ4n) is 1.91. The van der Waals surface area contributed by atoms with Crippen LogP contribution in [0.1, 0.15) is 10.4 Å². The minimum atomic E-state index is -0.474. The molecule has 0 saturated heterocycles. The Morgan fingerprint density at radius 3 is 2.95 bits per heavy atom. The molecule has 0 aliphatic heterocycles. The van der Waals surface area contributed by atoms with E-state index in [0.29, 0.717) is 5.65 Å². The number of aromatic nitrogens is 4. The van der Waals surface area contributed by atoms with Crippen LogP contribution in [0, 0.1) is 13.8 Å². The van der Waals surface area contributed by atoms with Gasteiger partial charge in [-0.3, -0.25) is 0 Å². The number of ether oxygens (including phenoxy) is 2. The summed E-state index contributed by atoms with van der Waals surface area (Å²) in [4.78, 5) is 17.6. The van der Waals surface area contributed by atoms with Crippen molar-refractivity contribution in [3.05, 3.63) is 16.8 Å². The fourth-order valence-corrected chi connectivity index (χ4v) is 2.90. The molecule has 0 unspecified atom stereocenters. The number of carbonyl (C=O) groups excluding carboxylic acids is 1. The summed E-state index contributed by atoms with van der Waals surface area (Å²) in [5.41, 5.74) is 1.81. The molecule has 0 spiro atoms.